The fourth-order valence-electron chi connectivity index (χ4n) is 3.17. The summed E-state index contributed by atoms with van der Waals surface area (Å²) in [5, 5.41) is 8.88. The first kappa shape index (κ1) is 13.2. The second kappa shape index (κ2) is 4.98. The lowest BCUT2D eigenvalue weighted by atomic mass is 9.90. The second-order valence-electron chi connectivity index (χ2n) is 5.61. The number of carboxylic acid groups (broad SMARTS) is 1. The number of benzene rings is 1. The lowest BCUT2D eigenvalue weighted by Crippen LogP contribution is -2.43. The fourth-order valence-corrected chi connectivity index (χ4v) is 3.17. The summed E-state index contributed by atoms with van der Waals surface area (Å²) in [5.41, 5.74) is 0.962. The van der Waals surface area contributed by atoms with Gasteiger partial charge in [-0.1, -0.05) is 0 Å². The van der Waals surface area contributed by atoms with Gasteiger partial charge in [-0.3, -0.25) is 9.69 Å². The molecule has 1 unspecified atom stereocenters. The van der Waals surface area contributed by atoms with E-state index >= 15 is 0 Å². The van der Waals surface area contributed by atoms with Crippen LogP contribution in [-0.2, 0) is 11.2 Å². The van der Waals surface area contributed by atoms with Crippen LogP contribution in [0.25, 0.3) is 0 Å². The summed E-state index contributed by atoms with van der Waals surface area (Å²) in [4.78, 5) is 12.8. The van der Waals surface area contributed by atoms with Crippen molar-refractivity contribution in [3.63, 3.8) is 0 Å². The second-order valence-corrected chi connectivity index (χ2v) is 5.61. The summed E-state index contributed by atoms with van der Waals surface area (Å²) in [7, 11) is 1.66. The highest BCUT2D eigenvalue weighted by Gasteiger charge is 2.42. The van der Waals surface area contributed by atoms with Crippen LogP contribution in [-0.4, -0.2) is 48.3 Å². The molecule has 2 aliphatic rings. The van der Waals surface area contributed by atoms with Crippen molar-refractivity contribution in [1.82, 2.24) is 4.90 Å². The Bertz CT molecular complexity index is 531. The number of methoxy groups -OCH3 is 1. The first-order chi connectivity index (χ1) is 9.60. The van der Waals surface area contributed by atoms with E-state index in [1.165, 1.54) is 5.56 Å². The van der Waals surface area contributed by atoms with Crippen LogP contribution in [0.5, 0.6) is 11.5 Å². The Labute approximate surface area is 118 Å². The molecule has 2 aliphatic heterocycles. The van der Waals surface area contributed by atoms with Gasteiger partial charge in [0.2, 0.25) is 0 Å². The molecule has 0 amide bonds. The van der Waals surface area contributed by atoms with Gasteiger partial charge in [0.05, 0.1) is 13.7 Å². The smallest absolute Gasteiger partial charge is 0.317 e. The molecule has 0 aromatic heterocycles. The number of carbonyl (C=O) groups is 1. The van der Waals surface area contributed by atoms with Crippen molar-refractivity contribution >= 4 is 5.97 Å². The van der Waals surface area contributed by atoms with E-state index in [9.17, 15) is 4.79 Å². The molecule has 20 heavy (non-hydrogen) atoms. The molecular weight excluding hydrogens is 258 g/mol. The summed E-state index contributed by atoms with van der Waals surface area (Å²) in [6.07, 6.45) is 2.78. The van der Waals surface area contributed by atoms with E-state index in [1.54, 1.807) is 7.11 Å². The Morgan fingerprint density at radius 1 is 1.50 bits per heavy atom. The lowest BCUT2D eigenvalue weighted by molar-refractivity contribution is -0.138. The summed E-state index contributed by atoms with van der Waals surface area (Å²) >= 11 is 0. The Morgan fingerprint density at radius 2 is 2.35 bits per heavy atom. The average molecular weight is 277 g/mol. The normalized spacial score (nSPS) is 25.2. The topological polar surface area (TPSA) is 59.0 Å². The van der Waals surface area contributed by atoms with Crippen molar-refractivity contribution in [3.05, 3.63) is 23.8 Å². The molecule has 0 aliphatic carbocycles. The van der Waals surface area contributed by atoms with E-state index in [0.29, 0.717) is 6.54 Å². The van der Waals surface area contributed by atoms with Gasteiger partial charge >= 0.3 is 5.97 Å². The first-order valence-corrected chi connectivity index (χ1v) is 6.90. The van der Waals surface area contributed by atoms with E-state index in [0.717, 1.165) is 37.3 Å². The van der Waals surface area contributed by atoms with Crippen LogP contribution in [0.4, 0.5) is 0 Å². The van der Waals surface area contributed by atoms with Crippen LogP contribution in [0.3, 0.4) is 0 Å². The Kier molecular flexibility index (Phi) is 3.30. The number of hydrogen-bond acceptors (Lipinski definition) is 4. The predicted octanol–water partition coefficient (Wildman–Crippen LogP) is 1.55. The van der Waals surface area contributed by atoms with Gasteiger partial charge < -0.3 is 14.6 Å². The monoisotopic (exact) mass is 277 g/mol. The molecule has 5 heteroatoms. The molecule has 1 fully saturated rings. The van der Waals surface area contributed by atoms with Gasteiger partial charge in [-0.05, 0) is 36.6 Å². The van der Waals surface area contributed by atoms with E-state index in [4.69, 9.17) is 14.6 Å². The molecule has 1 spiro atoms. The van der Waals surface area contributed by atoms with E-state index in [2.05, 4.69) is 0 Å². The Balaban J connectivity index is 1.74. The van der Waals surface area contributed by atoms with Crippen molar-refractivity contribution < 1.29 is 19.4 Å². The van der Waals surface area contributed by atoms with E-state index in [1.807, 2.05) is 23.1 Å². The van der Waals surface area contributed by atoms with Gasteiger partial charge in [0, 0.05) is 19.5 Å². The number of hydrogen-bond donors (Lipinski definition) is 1. The highest BCUT2D eigenvalue weighted by atomic mass is 16.5. The molecule has 0 bridgehead atoms. The van der Waals surface area contributed by atoms with Crippen molar-refractivity contribution in [2.24, 2.45) is 0 Å². The predicted molar refractivity (Wildman–Crippen MR) is 73.4 cm³/mol. The molecule has 1 atom stereocenters. The molecule has 1 N–H and O–H groups in total. The van der Waals surface area contributed by atoms with Gasteiger partial charge in [0.25, 0.3) is 0 Å². The van der Waals surface area contributed by atoms with Crippen LogP contribution in [0.1, 0.15) is 18.4 Å². The van der Waals surface area contributed by atoms with Crippen molar-refractivity contribution in [2.45, 2.75) is 24.9 Å². The molecule has 0 radical (unpaired) electrons. The van der Waals surface area contributed by atoms with Crippen molar-refractivity contribution in [3.8, 4) is 11.5 Å². The molecule has 108 valence electrons. The lowest BCUT2D eigenvalue weighted by Gasteiger charge is -2.35. The minimum absolute atomic E-state index is 0.0978. The maximum absolute atomic E-state index is 10.8. The van der Waals surface area contributed by atoms with Crippen LogP contribution >= 0.6 is 0 Å². The van der Waals surface area contributed by atoms with Crippen molar-refractivity contribution in [2.75, 3.05) is 26.7 Å². The Hall–Kier alpha value is -1.75. The highest BCUT2D eigenvalue weighted by Crippen LogP contribution is 2.39. The number of likely N-dealkylation sites (tertiary alicyclic amines) is 1. The van der Waals surface area contributed by atoms with Gasteiger partial charge in [0.1, 0.15) is 17.1 Å². The third-order valence-corrected chi connectivity index (χ3v) is 4.20. The summed E-state index contributed by atoms with van der Waals surface area (Å²) in [6, 6.07) is 5.88. The molecule has 1 saturated heterocycles. The van der Waals surface area contributed by atoms with Gasteiger partial charge in [0.15, 0.2) is 0 Å². The minimum Gasteiger partial charge on any atom is -0.497 e. The molecule has 1 aromatic carbocycles. The summed E-state index contributed by atoms with van der Waals surface area (Å²) < 4.78 is 11.4. The minimum atomic E-state index is -0.775. The SMILES string of the molecule is COc1ccc2c(c1)CCC1(CCN(CC(=O)O)C1)O2. The van der Waals surface area contributed by atoms with E-state index < -0.39 is 5.97 Å². The molecular formula is C15H19NO4. The van der Waals surface area contributed by atoms with Gasteiger partial charge in [-0.2, -0.15) is 0 Å². The molecule has 5 nitrogen and oxygen atoms in total. The first-order valence-electron chi connectivity index (χ1n) is 6.90. The van der Waals surface area contributed by atoms with Crippen LogP contribution in [0.2, 0.25) is 0 Å². The average Bonchev–Trinajstić information content (AvgIpc) is 2.80. The van der Waals surface area contributed by atoms with Gasteiger partial charge in [-0.15, -0.1) is 0 Å². The number of fused-ring (bicyclic) bond motifs is 1. The number of aryl methyl sites for hydroxylation is 1. The fraction of sp³-hybridized carbons (Fsp3) is 0.533. The standard InChI is InChI=1S/C15H19NO4/c1-19-12-2-3-13-11(8-12)4-5-15(20-13)6-7-16(10-15)9-14(17)18/h2-3,8H,4-7,9-10H2,1H3,(H,17,18). The maximum atomic E-state index is 10.8. The number of rotatable bonds is 3. The van der Waals surface area contributed by atoms with Crippen LogP contribution in [0.15, 0.2) is 18.2 Å². The zero-order valence-electron chi connectivity index (χ0n) is 11.6. The number of nitrogens with zero attached hydrogens (tertiary/aromatic N) is 1. The molecule has 1 aromatic rings. The third kappa shape index (κ3) is 2.45. The highest BCUT2D eigenvalue weighted by molar-refractivity contribution is 5.69. The Morgan fingerprint density at radius 3 is 3.10 bits per heavy atom. The number of carboxylic acids is 1. The number of aliphatic carboxylic acids is 1. The quantitative estimate of drug-likeness (QED) is 0.908. The zero-order chi connectivity index (χ0) is 14.2. The number of ether oxygens (including phenoxy) is 2. The van der Waals surface area contributed by atoms with E-state index in [-0.39, 0.29) is 12.1 Å². The molecule has 2 heterocycles. The maximum Gasteiger partial charge on any atom is 0.317 e. The third-order valence-electron chi connectivity index (χ3n) is 4.20. The van der Waals surface area contributed by atoms with Crippen LogP contribution in [0, 0.1) is 0 Å². The summed E-state index contributed by atoms with van der Waals surface area (Å²) in [5.74, 6) is 0.986. The largest absolute Gasteiger partial charge is 0.497 e. The van der Waals surface area contributed by atoms with Crippen molar-refractivity contribution in [1.29, 1.82) is 0 Å². The summed E-state index contributed by atoms with van der Waals surface area (Å²) in [6.45, 7) is 1.59. The van der Waals surface area contributed by atoms with Crippen LogP contribution < -0.4 is 9.47 Å². The molecule has 0 saturated carbocycles. The van der Waals surface area contributed by atoms with Gasteiger partial charge in [-0.25, -0.2) is 0 Å². The molecule has 3 rings (SSSR count). The zero-order valence-corrected chi connectivity index (χ0v) is 11.6.